The third kappa shape index (κ3) is 4.48. The molecule has 0 bridgehead atoms. The molecule has 1 rings (SSSR count). The van der Waals surface area contributed by atoms with Gasteiger partial charge in [-0.05, 0) is 52.3 Å². The highest BCUT2D eigenvalue weighted by Crippen LogP contribution is 2.21. The molecule has 0 heterocycles. The second kappa shape index (κ2) is 6.61. The lowest BCUT2D eigenvalue weighted by atomic mass is 10.1. The van der Waals surface area contributed by atoms with E-state index >= 15 is 0 Å². The van der Waals surface area contributed by atoms with Gasteiger partial charge in [-0.25, -0.2) is 4.79 Å². The Balaban J connectivity index is 3.13. The molecule has 0 atom stereocenters. The minimum absolute atomic E-state index is 0.294. The molecule has 116 valence electrons. The Hall–Kier alpha value is -2.04. The fourth-order valence-electron chi connectivity index (χ4n) is 2.10. The first-order valence-corrected chi connectivity index (χ1v) is 7.04. The average molecular weight is 292 g/mol. The number of hydrogen-bond donors (Lipinski definition) is 1. The summed E-state index contributed by atoms with van der Waals surface area (Å²) in [5.41, 5.74) is 1.27. The molecule has 0 spiro atoms. The molecule has 0 unspecified atom stereocenters. The van der Waals surface area contributed by atoms with Crippen molar-refractivity contribution in [3.05, 3.63) is 29.8 Å². The van der Waals surface area contributed by atoms with Crippen molar-refractivity contribution in [2.24, 2.45) is 0 Å². The van der Waals surface area contributed by atoms with Gasteiger partial charge < -0.3 is 10.0 Å². The quantitative estimate of drug-likeness (QED) is 0.927. The fourth-order valence-corrected chi connectivity index (χ4v) is 2.10. The molecule has 21 heavy (non-hydrogen) atoms. The first kappa shape index (κ1) is 17.0. The van der Waals surface area contributed by atoms with Crippen LogP contribution in [-0.2, 0) is 4.79 Å². The maximum absolute atomic E-state index is 12.8. The standard InChI is InChI=1S/C16H24N2O3/c1-6-17(13-9-7-8-12(2)10-13)15(21)18(11-14(19)20)16(3,4)5/h7-10H,6,11H2,1-5H3,(H,19,20). The molecule has 1 aromatic carbocycles. The number of carboxylic acid groups (broad SMARTS) is 1. The molecule has 0 aromatic heterocycles. The van der Waals surface area contributed by atoms with Crippen LogP contribution in [-0.4, -0.2) is 40.6 Å². The van der Waals surface area contributed by atoms with Gasteiger partial charge in [0.25, 0.3) is 0 Å². The van der Waals surface area contributed by atoms with E-state index in [4.69, 9.17) is 5.11 Å². The summed E-state index contributed by atoms with van der Waals surface area (Å²) in [7, 11) is 0. The van der Waals surface area contributed by atoms with E-state index in [1.165, 1.54) is 4.90 Å². The Bertz CT molecular complexity index is 520. The van der Waals surface area contributed by atoms with Gasteiger partial charge in [0.15, 0.2) is 0 Å². The van der Waals surface area contributed by atoms with Gasteiger partial charge >= 0.3 is 12.0 Å². The van der Waals surface area contributed by atoms with Gasteiger partial charge in [-0.3, -0.25) is 9.69 Å². The van der Waals surface area contributed by atoms with E-state index in [0.717, 1.165) is 11.3 Å². The van der Waals surface area contributed by atoms with Crippen LogP contribution in [0.3, 0.4) is 0 Å². The Morgan fingerprint density at radius 1 is 1.24 bits per heavy atom. The predicted molar refractivity (Wildman–Crippen MR) is 83.7 cm³/mol. The van der Waals surface area contributed by atoms with Crippen LogP contribution < -0.4 is 4.90 Å². The van der Waals surface area contributed by atoms with Crippen molar-refractivity contribution >= 4 is 17.7 Å². The molecule has 0 saturated carbocycles. The number of carboxylic acids is 1. The predicted octanol–water partition coefficient (Wildman–Crippen LogP) is 3.13. The number of urea groups is 1. The molecular weight excluding hydrogens is 268 g/mol. The van der Waals surface area contributed by atoms with Crippen molar-refractivity contribution < 1.29 is 14.7 Å². The maximum Gasteiger partial charge on any atom is 0.325 e. The lowest BCUT2D eigenvalue weighted by Crippen LogP contribution is -2.54. The molecule has 2 amide bonds. The van der Waals surface area contributed by atoms with Crippen LogP contribution in [0, 0.1) is 6.92 Å². The van der Waals surface area contributed by atoms with Crippen LogP contribution in [0.5, 0.6) is 0 Å². The van der Waals surface area contributed by atoms with E-state index in [1.54, 1.807) is 4.90 Å². The molecule has 1 aromatic rings. The summed E-state index contributed by atoms with van der Waals surface area (Å²) in [6, 6.07) is 7.33. The van der Waals surface area contributed by atoms with Crippen molar-refractivity contribution in [3.63, 3.8) is 0 Å². The van der Waals surface area contributed by atoms with Crippen LogP contribution in [0.25, 0.3) is 0 Å². The van der Waals surface area contributed by atoms with Crippen LogP contribution in [0.2, 0.25) is 0 Å². The summed E-state index contributed by atoms with van der Waals surface area (Å²) >= 11 is 0. The fraction of sp³-hybridized carbons (Fsp3) is 0.500. The topological polar surface area (TPSA) is 60.9 Å². The number of aliphatic carboxylic acids is 1. The minimum Gasteiger partial charge on any atom is -0.480 e. The summed E-state index contributed by atoms with van der Waals surface area (Å²) in [6.07, 6.45) is 0. The van der Waals surface area contributed by atoms with Gasteiger partial charge in [0.05, 0.1) is 0 Å². The molecular formula is C16H24N2O3. The largest absolute Gasteiger partial charge is 0.480 e. The Kier molecular flexibility index (Phi) is 5.35. The number of carbonyl (C=O) groups is 2. The summed E-state index contributed by atoms with van der Waals surface area (Å²) in [5, 5.41) is 9.05. The number of aryl methyl sites for hydroxylation is 1. The smallest absolute Gasteiger partial charge is 0.325 e. The Labute approximate surface area is 126 Å². The zero-order valence-electron chi connectivity index (χ0n) is 13.4. The normalized spacial score (nSPS) is 11.1. The third-order valence-corrected chi connectivity index (χ3v) is 3.19. The molecule has 0 radical (unpaired) electrons. The van der Waals surface area contributed by atoms with E-state index in [-0.39, 0.29) is 12.6 Å². The van der Waals surface area contributed by atoms with Crippen LogP contribution >= 0.6 is 0 Å². The highest BCUT2D eigenvalue weighted by atomic mass is 16.4. The maximum atomic E-state index is 12.8. The van der Waals surface area contributed by atoms with E-state index in [1.807, 2.05) is 58.9 Å². The molecule has 0 saturated heterocycles. The van der Waals surface area contributed by atoms with Gasteiger partial charge in [-0.15, -0.1) is 0 Å². The van der Waals surface area contributed by atoms with E-state index < -0.39 is 11.5 Å². The number of anilines is 1. The van der Waals surface area contributed by atoms with Crippen LogP contribution in [0.15, 0.2) is 24.3 Å². The van der Waals surface area contributed by atoms with Crippen molar-refractivity contribution in [1.82, 2.24) is 4.90 Å². The first-order chi connectivity index (χ1) is 9.66. The molecule has 0 aliphatic heterocycles. The minimum atomic E-state index is -1.02. The number of benzene rings is 1. The molecule has 5 nitrogen and oxygen atoms in total. The summed E-state index contributed by atoms with van der Waals surface area (Å²) in [4.78, 5) is 26.8. The highest BCUT2D eigenvalue weighted by Gasteiger charge is 2.31. The van der Waals surface area contributed by atoms with Crippen LogP contribution in [0.1, 0.15) is 33.3 Å². The second-order valence-electron chi connectivity index (χ2n) is 6.02. The number of amides is 2. The van der Waals surface area contributed by atoms with Crippen molar-refractivity contribution in [3.8, 4) is 0 Å². The number of carbonyl (C=O) groups excluding carboxylic acids is 1. The molecule has 0 fully saturated rings. The zero-order chi connectivity index (χ0) is 16.2. The zero-order valence-corrected chi connectivity index (χ0v) is 13.4. The number of hydrogen-bond acceptors (Lipinski definition) is 2. The average Bonchev–Trinajstić information content (AvgIpc) is 2.35. The highest BCUT2D eigenvalue weighted by molar-refractivity contribution is 5.94. The van der Waals surface area contributed by atoms with Crippen molar-refractivity contribution in [2.45, 2.75) is 40.2 Å². The Morgan fingerprint density at radius 3 is 2.29 bits per heavy atom. The number of rotatable bonds is 4. The SMILES string of the molecule is CCN(C(=O)N(CC(=O)O)C(C)(C)C)c1cccc(C)c1. The van der Waals surface area contributed by atoms with Gasteiger partial charge in [0.2, 0.25) is 0 Å². The van der Waals surface area contributed by atoms with E-state index in [0.29, 0.717) is 6.54 Å². The summed E-state index contributed by atoms with van der Waals surface area (Å²) in [6.45, 7) is 9.50. The van der Waals surface area contributed by atoms with Crippen molar-refractivity contribution in [2.75, 3.05) is 18.0 Å². The van der Waals surface area contributed by atoms with E-state index in [9.17, 15) is 9.59 Å². The lowest BCUT2D eigenvalue weighted by Gasteiger charge is -2.38. The molecule has 0 aliphatic rings. The third-order valence-electron chi connectivity index (χ3n) is 3.19. The van der Waals surface area contributed by atoms with Crippen LogP contribution in [0.4, 0.5) is 10.5 Å². The Morgan fingerprint density at radius 2 is 1.86 bits per heavy atom. The monoisotopic (exact) mass is 292 g/mol. The summed E-state index contributed by atoms with van der Waals surface area (Å²) < 4.78 is 0. The van der Waals surface area contributed by atoms with Gasteiger partial charge in [0, 0.05) is 17.8 Å². The summed E-state index contributed by atoms with van der Waals surface area (Å²) in [5.74, 6) is -1.02. The van der Waals surface area contributed by atoms with Gasteiger partial charge in [-0.1, -0.05) is 12.1 Å². The molecule has 1 N–H and O–H groups in total. The van der Waals surface area contributed by atoms with E-state index in [2.05, 4.69) is 0 Å². The van der Waals surface area contributed by atoms with Crippen molar-refractivity contribution in [1.29, 1.82) is 0 Å². The molecule has 0 aliphatic carbocycles. The van der Waals surface area contributed by atoms with Gasteiger partial charge in [-0.2, -0.15) is 0 Å². The first-order valence-electron chi connectivity index (χ1n) is 7.04. The number of nitrogens with zero attached hydrogens (tertiary/aromatic N) is 2. The lowest BCUT2D eigenvalue weighted by molar-refractivity contribution is -0.138. The molecule has 5 heteroatoms. The second-order valence-corrected chi connectivity index (χ2v) is 6.02. The van der Waals surface area contributed by atoms with Gasteiger partial charge in [0.1, 0.15) is 6.54 Å².